The summed E-state index contributed by atoms with van der Waals surface area (Å²) >= 11 is 0. The normalized spacial score (nSPS) is 20.2. The molecule has 11 heavy (non-hydrogen) atoms. The van der Waals surface area contributed by atoms with Gasteiger partial charge in [0.15, 0.2) is 0 Å². The summed E-state index contributed by atoms with van der Waals surface area (Å²) in [7, 11) is 0. The Kier molecular flexibility index (Phi) is 0.969. The van der Waals surface area contributed by atoms with Gasteiger partial charge in [-0.2, -0.15) is 0 Å². The molecule has 2 rings (SSSR count). The van der Waals surface area contributed by atoms with Gasteiger partial charge in [0, 0.05) is 0 Å². The second-order valence-corrected chi connectivity index (χ2v) is 1.89. The summed E-state index contributed by atoms with van der Waals surface area (Å²) in [5.74, 6) is 0.173. The Bertz CT molecular complexity index is 328. The zero-order chi connectivity index (χ0) is 7.84. The van der Waals surface area contributed by atoms with Crippen molar-refractivity contribution in [3.8, 4) is 0 Å². The van der Waals surface area contributed by atoms with E-state index >= 15 is 0 Å². The van der Waals surface area contributed by atoms with Gasteiger partial charge in [-0.15, -0.1) is 15.3 Å². The lowest BCUT2D eigenvalue weighted by molar-refractivity contribution is -0.545. The Morgan fingerprint density at radius 2 is 2.55 bits per heavy atom. The summed E-state index contributed by atoms with van der Waals surface area (Å²) in [6, 6.07) is 0. The first-order chi connectivity index (χ1) is 5.29. The summed E-state index contributed by atoms with van der Waals surface area (Å²) in [5.41, 5.74) is 0. The molecule has 0 N–H and O–H groups in total. The third-order valence-corrected chi connectivity index (χ3v) is 1.24. The van der Waals surface area contributed by atoms with Gasteiger partial charge in [-0.1, -0.05) is 5.11 Å². The van der Waals surface area contributed by atoms with Crippen molar-refractivity contribution in [2.45, 2.75) is 6.29 Å². The minimum atomic E-state index is -1.18. The summed E-state index contributed by atoms with van der Waals surface area (Å²) < 4.78 is 1.18. The molecule has 0 radical (unpaired) electrons. The number of aromatic nitrogens is 3. The molecule has 0 spiro atoms. The van der Waals surface area contributed by atoms with Crippen LogP contribution >= 0.6 is 0 Å². The second kappa shape index (κ2) is 1.81. The third-order valence-electron chi connectivity index (χ3n) is 1.24. The highest BCUT2D eigenvalue weighted by Gasteiger charge is 2.29. The molecule has 2 heterocycles. The maximum atomic E-state index is 10.2. The van der Waals surface area contributed by atoms with E-state index in [1.165, 1.54) is 10.9 Å². The average molecular weight is 154 g/mol. The summed E-state index contributed by atoms with van der Waals surface area (Å²) in [6.45, 7) is 0. The van der Waals surface area contributed by atoms with Crippen LogP contribution in [0.1, 0.15) is 6.29 Å². The lowest BCUT2D eigenvalue weighted by atomic mass is 10.8. The van der Waals surface area contributed by atoms with Gasteiger partial charge in [-0.05, 0) is 0 Å². The van der Waals surface area contributed by atoms with Gasteiger partial charge in [0.1, 0.15) is 6.33 Å². The van der Waals surface area contributed by atoms with Gasteiger partial charge >= 0.3 is 6.29 Å². The second-order valence-electron chi connectivity index (χ2n) is 1.89. The van der Waals surface area contributed by atoms with E-state index < -0.39 is 11.2 Å². The van der Waals surface area contributed by atoms with Crippen LogP contribution in [0.4, 0.5) is 5.95 Å². The molecule has 8 heteroatoms. The Morgan fingerprint density at radius 3 is 3.27 bits per heavy atom. The Balaban J connectivity index is 2.46. The van der Waals surface area contributed by atoms with Gasteiger partial charge in [0.25, 0.3) is 5.95 Å². The van der Waals surface area contributed by atoms with Gasteiger partial charge in [0.05, 0.1) is 4.92 Å². The minimum Gasteiger partial charge on any atom is -0.261 e. The predicted octanol–water partition coefficient (Wildman–Crippen LogP) is 0.108. The molecular formula is C3H2N6O2. The van der Waals surface area contributed by atoms with E-state index in [0.717, 1.165) is 0 Å². The van der Waals surface area contributed by atoms with Crippen LogP contribution < -0.4 is 0 Å². The van der Waals surface area contributed by atoms with Gasteiger partial charge in [0.2, 0.25) is 0 Å². The Labute approximate surface area is 59.7 Å². The molecule has 1 aromatic heterocycles. The van der Waals surface area contributed by atoms with E-state index in [9.17, 15) is 10.1 Å². The predicted molar refractivity (Wildman–Crippen MR) is 30.6 cm³/mol. The molecule has 0 aromatic carbocycles. The molecule has 1 aliphatic heterocycles. The number of nitrogens with zero attached hydrogens (tertiary/aromatic N) is 6. The fraction of sp³-hybridized carbons (Fsp3) is 0.333. The maximum Gasteiger partial charge on any atom is 0.409 e. The van der Waals surface area contributed by atoms with Gasteiger partial charge in [-0.3, -0.25) is 10.1 Å². The molecule has 1 atom stereocenters. The van der Waals surface area contributed by atoms with Crippen molar-refractivity contribution < 1.29 is 4.92 Å². The molecule has 1 aliphatic rings. The molecule has 0 amide bonds. The van der Waals surface area contributed by atoms with E-state index in [1.807, 2.05) is 0 Å². The summed E-state index contributed by atoms with van der Waals surface area (Å²) in [5, 5.41) is 23.9. The van der Waals surface area contributed by atoms with Crippen molar-refractivity contribution in [1.82, 2.24) is 14.8 Å². The smallest absolute Gasteiger partial charge is 0.261 e. The zero-order valence-electron chi connectivity index (χ0n) is 5.15. The molecule has 0 fully saturated rings. The van der Waals surface area contributed by atoms with E-state index in [-0.39, 0.29) is 5.95 Å². The van der Waals surface area contributed by atoms with Crippen molar-refractivity contribution in [1.29, 1.82) is 0 Å². The number of azo groups is 1. The highest BCUT2D eigenvalue weighted by Crippen LogP contribution is 2.24. The fourth-order valence-electron chi connectivity index (χ4n) is 0.774. The molecule has 1 aromatic rings. The molecular weight excluding hydrogens is 152 g/mol. The van der Waals surface area contributed by atoms with E-state index in [4.69, 9.17) is 0 Å². The molecule has 56 valence electrons. The number of nitro groups is 1. The highest BCUT2D eigenvalue weighted by atomic mass is 16.6. The van der Waals surface area contributed by atoms with Crippen LogP contribution in [0.15, 0.2) is 16.6 Å². The Morgan fingerprint density at radius 1 is 1.73 bits per heavy atom. The first-order valence-corrected chi connectivity index (χ1v) is 2.73. The van der Waals surface area contributed by atoms with Crippen LogP contribution in [0, 0.1) is 10.1 Å². The van der Waals surface area contributed by atoms with Crippen LogP contribution in [0.25, 0.3) is 0 Å². The van der Waals surface area contributed by atoms with Crippen LogP contribution in [-0.2, 0) is 0 Å². The van der Waals surface area contributed by atoms with Crippen molar-refractivity contribution >= 4 is 5.95 Å². The highest BCUT2D eigenvalue weighted by molar-refractivity contribution is 5.14. The largest absolute Gasteiger partial charge is 0.409 e. The number of rotatable bonds is 1. The van der Waals surface area contributed by atoms with Crippen molar-refractivity contribution in [2.24, 2.45) is 10.2 Å². The molecule has 0 aliphatic carbocycles. The molecule has 0 saturated heterocycles. The van der Waals surface area contributed by atoms with Crippen molar-refractivity contribution in [2.75, 3.05) is 0 Å². The van der Waals surface area contributed by atoms with E-state index in [0.29, 0.717) is 0 Å². The summed E-state index contributed by atoms with van der Waals surface area (Å²) in [4.78, 5) is 9.67. The van der Waals surface area contributed by atoms with Crippen LogP contribution in [0.2, 0.25) is 0 Å². The summed E-state index contributed by atoms with van der Waals surface area (Å²) in [6.07, 6.45) is 0.0444. The number of hydrogen-bond donors (Lipinski definition) is 0. The molecule has 8 nitrogen and oxygen atoms in total. The van der Waals surface area contributed by atoms with Crippen LogP contribution in [0.5, 0.6) is 0 Å². The minimum absolute atomic E-state index is 0.173. The van der Waals surface area contributed by atoms with E-state index in [2.05, 4.69) is 20.4 Å². The van der Waals surface area contributed by atoms with Gasteiger partial charge in [-0.25, -0.2) is 4.57 Å². The maximum absolute atomic E-state index is 10.2. The zero-order valence-corrected chi connectivity index (χ0v) is 5.15. The number of hydrogen-bond acceptors (Lipinski definition) is 6. The average Bonchev–Trinajstić information content (AvgIpc) is 2.41. The quantitative estimate of drug-likeness (QED) is 0.423. The standard InChI is InChI=1S/C3H2N6O2/c10-9(11)3-7-6-2-5-4-1-8(2)3/h1,3H. The fourth-order valence-corrected chi connectivity index (χ4v) is 0.774. The monoisotopic (exact) mass is 154 g/mol. The van der Waals surface area contributed by atoms with E-state index in [1.54, 1.807) is 0 Å². The number of fused-ring (bicyclic) bond motifs is 1. The van der Waals surface area contributed by atoms with Gasteiger partial charge < -0.3 is 0 Å². The van der Waals surface area contributed by atoms with Crippen LogP contribution in [0.3, 0.4) is 0 Å². The Hall–Kier alpha value is -1.86. The lowest BCUT2D eigenvalue weighted by Crippen LogP contribution is -2.11. The topological polar surface area (TPSA) is 98.6 Å². The first kappa shape index (κ1) is 5.89. The van der Waals surface area contributed by atoms with Crippen molar-refractivity contribution in [3.63, 3.8) is 0 Å². The van der Waals surface area contributed by atoms with Crippen molar-refractivity contribution in [3.05, 3.63) is 16.4 Å². The molecule has 0 bridgehead atoms. The van der Waals surface area contributed by atoms with Crippen LogP contribution in [-0.4, -0.2) is 19.7 Å². The molecule has 1 unspecified atom stereocenters. The lowest BCUT2D eigenvalue weighted by Gasteiger charge is -1.96. The SMILES string of the molecule is O=[N+]([O-])C1N=Nc2nncn21. The molecule has 0 saturated carbocycles. The first-order valence-electron chi connectivity index (χ1n) is 2.73. The third kappa shape index (κ3) is 0.687.